The Morgan fingerprint density at radius 1 is 0.821 bits per heavy atom. The maximum atomic E-state index is 14.0. The predicted molar refractivity (Wildman–Crippen MR) is 87.8 cm³/mol. The van der Waals surface area contributed by atoms with Crippen molar-refractivity contribution in [2.75, 3.05) is 5.32 Å². The van der Waals surface area contributed by atoms with Gasteiger partial charge in [-0.05, 0) is 32.1 Å². The van der Waals surface area contributed by atoms with E-state index >= 15 is 0 Å². The van der Waals surface area contributed by atoms with Crippen LogP contribution in [0.1, 0.15) is 57.8 Å². The van der Waals surface area contributed by atoms with Crippen LogP contribution in [0, 0.1) is 29.1 Å². The molecular weight excluding hydrogens is 385 g/mol. The second-order valence-corrected chi connectivity index (χ2v) is 7.71. The molecule has 3 aliphatic rings. The number of benzene rings is 1. The first-order valence-electron chi connectivity index (χ1n) is 9.50. The molecule has 28 heavy (non-hydrogen) atoms. The van der Waals surface area contributed by atoms with E-state index in [0.29, 0.717) is 25.7 Å². The fraction of sp³-hybridized carbons (Fsp3) is 0.632. The number of fused-ring (bicyclic) bond motifs is 1. The third-order valence-electron chi connectivity index (χ3n) is 5.96. The van der Waals surface area contributed by atoms with Crippen LogP contribution in [0.2, 0.25) is 0 Å². The van der Waals surface area contributed by atoms with Gasteiger partial charge in [0.2, 0.25) is 5.82 Å². The van der Waals surface area contributed by atoms with Gasteiger partial charge in [-0.25, -0.2) is 22.0 Å². The van der Waals surface area contributed by atoms with Gasteiger partial charge in [-0.15, -0.1) is 0 Å². The lowest BCUT2D eigenvalue weighted by molar-refractivity contribution is -0.207. The zero-order valence-electron chi connectivity index (χ0n) is 15.1. The third kappa shape index (κ3) is 2.90. The van der Waals surface area contributed by atoms with E-state index in [-0.39, 0.29) is 6.42 Å². The van der Waals surface area contributed by atoms with Gasteiger partial charge in [0.05, 0.1) is 6.10 Å². The molecule has 4 nitrogen and oxygen atoms in total. The maximum absolute atomic E-state index is 14.0. The van der Waals surface area contributed by atoms with Crippen molar-refractivity contribution in [3.8, 4) is 0 Å². The van der Waals surface area contributed by atoms with Crippen LogP contribution in [0.4, 0.5) is 27.6 Å². The standard InChI is InChI=1S/C19H20F5NO3/c20-11-12(21)14(23)16(15(24)13(11)22)25-17(26)19-9-5-2-6-10(19)27-18(28-19)7-3-1-4-8-18/h10H,1-9H2,(H,25,26)/t10-,19+/m1/s1. The molecule has 0 radical (unpaired) electrons. The van der Waals surface area contributed by atoms with E-state index in [1.807, 2.05) is 5.32 Å². The third-order valence-corrected chi connectivity index (χ3v) is 5.96. The highest BCUT2D eigenvalue weighted by atomic mass is 19.2. The highest BCUT2D eigenvalue weighted by Gasteiger charge is 2.61. The normalized spacial score (nSPS) is 29.0. The first-order valence-corrected chi connectivity index (χ1v) is 9.50. The summed E-state index contributed by atoms with van der Waals surface area (Å²) in [6.45, 7) is 0. The number of nitrogens with one attached hydrogen (secondary N) is 1. The van der Waals surface area contributed by atoms with Crippen molar-refractivity contribution in [3.63, 3.8) is 0 Å². The second kappa shape index (κ2) is 6.95. The molecule has 1 amide bonds. The topological polar surface area (TPSA) is 47.6 Å². The largest absolute Gasteiger partial charge is 0.343 e. The fourth-order valence-corrected chi connectivity index (χ4v) is 4.55. The van der Waals surface area contributed by atoms with Gasteiger partial charge >= 0.3 is 0 Å². The monoisotopic (exact) mass is 405 g/mol. The Balaban J connectivity index is 1.67. The van der Waals surface area contributed by atoms with Crippen molar-refractivity contribution >= 4 is 11.6 Å². The highest BCUT2D eigenvalue weighted by Crippen LogP contribution is 2.50. The number of rotatable bonds is 2. The molecule has 1 spiro atoms. The van der Waals surface area contributed by atoms with Crippen molar-refractivity contribution < 1.29 is 36.2 Å². The lowest BCUT2D eigenvalue weighted by Gasteiger charge is -2.36. The van der Waals surface area contributed by atoms with Gasteiger partial charge in [0.1, 0.15) is 5.69 Å². The second-order valence-electron chi connectivity index (χ2n) is 7.71. The molecular formula is C19H20F5NO3. The Bertz CT molecular complexity index is 782. The van der Waals surface area contributed by atoms with Crippen LogP contribution in [-0.2, 0) is 14.3 Å². The van der Waals surface area contributed by atoms with Crippen LogP contribution in [0.5, 0.6) is 0 Å². The molecule has 1 heterocycles. The summed E-state index contributed by atoms with van der Waals surface area (Å²) in [5, 5.41) is 1.90. The number of amides is 1. The van der Waals surface area contributed by atoms with Gasteiger partial charge in [-0.3, -0.25) is 4.79 Å². The summed E-state index contributed by atoms with van der Waals surface area (Å²) in [6, 6.07) is 0. The zero-order chi connectivity index (χ0) is 20.1. The van der Waals surface area contributed by atoms with E-state index in [4.69, 9.17) is 9.47 Å². The molecule has 2 atom stereocenters. The summed E-state index contributed by atoms with van der Waals surface area (Å²) in [4.78, 5) is 13.0. The average molecular weight is 405 g/mol. The molecule has 2 aliphatic carbocycles. The predicted octanol–water partition coefficient (Wildman–Crippen LogP) is 4.71. The van der Waals surface area contributed by atoms with Crippen LogP contribution >= 0.6 is 0 Å². The molecule has 0 bridgehead atoms. The molecule has 1 saturated heterocycles. The van der Waals surface area contributed by atoms with Crippen LogP contribution < -0.4 is 5.32 Å². The number of hydrogen-bond donors (Lipinski definition) is 1. The van der Waals surface area contributed by atoms with Gasteiger partial charge < -0.3 is 14.8 Å². The van der Waals surface area contributed by atoms with E-state index in [9.17, 15) is 26.7 Å². The molecule has 154 valence electrons. The smallest absolute Gasteiger partial charge is 0.259 e. The van der Waals surface area contributed by atoms with Crippen LogP contribution in [0.15, 0.2) is 0 Å². The summed E-state index contributed by atoms with van der Waals surface area (Å²) in [6.07, 6.45) is 5.50. The van der Waals surface area contributed by atoms with E-state index < -0.39 is 58.2 Å². The number of anilines is 1. The van der Waals surface area contributed by atoms with Gasteiger partial charge in [-0.1, -0.05) is 12.8 Å². The van der Waals surface area contributed by atoms with Crippen molar-refractivity contribution in [3.05, 3.63) is 29.1 Å². The Morgan fingerprint density at radius 2 is 1.39 bits per heavy atom. The lowest BCUT2D eigenvalue weighted by atomic mass is 9.81. The number of hydrogen-bond acceptors (Lipinski definition) is 3. The molecule has 1 aromatic carbocycles. The van der Waals surface area contributed by atoms with Crippen LogP contribution in [0.25, 0.3) is 0 Å². The van der Waals surface area contributed by atoms with Crippen molar-refractivity contribution in [1.82, 2.24) is 0 Å². The molecule has 3 fully saturated rings. The number of ether oxygens (including phenoxy) is 2. The number of halogens is 5. The minimum Gasteiger partial charge on any atom is -0.343 e. The van der Waals surface area contributed by atoms with E-state index in [2.05, 4.69) is 0 Å². The Hall–Kier alpha value is -1.74. The Labute approximate surface area is 158 Å². The zero-order valence-corrected chi connectivity index (χ0v) is 15.1. The summed E-state index contributed by atoms with van der Waals surface area (Å²) >= 11 is 0. The Kier molecular flexibility index (Phi) is 4.86. The average Bonchev–Trinajstić information content (AvgIpc) is 3.03. The molecule has 9 heteroatoms. The maximum Gasteiger partial charge on any atom is 0.259 e. The minimum absolute atomic E-state index is 0.251. The summed E-state index contributed by atoms with van der Waals surface area (Å²) < 4.78 is 80.5. The number of carbonyl (C=O) groups is 1. The molecule has 1 aromatic rings. The lowest BCUT2D eigenvalue weighted by Crippen LogP contribution is -2.53. The van der Waals surface area contributed by atoms with Gasteiger partial charge in [-0.2, -0.15) is 0 Å². The fourth-order valence-electron chi connectivity index (χ4n) is 4.55. The molecule has 1 aliphatic heterocycles. The summed E-state index contributed by atoms with van der Waals surface area (Å²) in [7, 11) is 0. The molecule has 2 saturated carbocycles. The quantitative estimate of drug-likeness (QED) is 0.441. The highest BCUT2D eigenvalue weighted by molar-refractivity contribution is 5.98. The SMILES string of the molecule is O=C(Nc1c(F)c(F)c(F)c(F)c1F)[C@]12CCCC[C@H]1OC1(CCCCC1)O2. The number of carbonyl (C=O) groups excluding carboxylic acids is 1. The molecule has 0 unspecified atom stereocenters. The molecule has 1 N–H and O–H groups in total. The first-order chi connectivity index (χ1) is 13.3. The first kappa shape index (κ1) is 19.6. The van der Waals surface area contributed by atoms with Gasteiger partial charge in [0, 0.05) is 12.8 Å². The van der Waals surface area contributed by atoms with Crippen LogP contribution in [0.3, 0.4) is 0 Å². The van der Waals surface area contributed by atoms with Gasteiger partial charge in [0.25, 0.3) is 5.91 Å². The minimum atomic E-state index is -2.27. The molecule has 4 rings (SSSR count). The van der Waals surface area contributed by atoms with Crippen molar-refractivity contribution in [2.45, 2.75) is 75.3 Å². The van der Waals surface area contributed by atoms with E-state index in [1.165, 1.54) is 0 Å². The van der Waals surface area contributed by atoms with E-state index in [1.54, 1.807) is 0 Å². The van der Waals surface area contributed by atoms with Crippen LogP contribution in [-0.4, -0.2) is 23.4 Å². The molecule has 0 aromatic heterocycles. The van der Waals surface area contributed by atoms with E-state index in [0.717, 1.165) is 25.7 Å². The van der Waals surface area contributed by atoms with Gasteiger partial charge in [0.15, 0.2) is 34.7 Å². The Morgan fingerprint density at radius 3 is 2.04 bits per heavy atom. The van der Waals surface area contributed by atoms with Crippen molar-refractivity contribution in [1.29, 1.82) is 0 Å². The van der Waals surface area contributed by atoms with Crippen molar-refractivity contribution in [2.24, 2.45) is 0 Å². The summed E-state index contributed by atoms with van der Waals surface area (Å²) in [5.74, 6) is -12.5. The summed E-state index contributed by atoms with van der Waals surface area (Å²) in [5.41, 5.74) is -2.87.